The first-order chi connectivity index (χ1) is 16.4. The minimum Gasteiger partial charge on any atom is -0.471 e. The van der Waals surface area contributed by atoms with Gasteiger partial charge in [-0.2, -0.15) is 0 Å². The Morgan fingerprint density at radius 3 is 2.79 bits per heavy atom. The molecule has 1 aliphatic heterocycles. The minimum absolute atomic E-state index is 0.0639. The predicted octanol–water partition coefficient (Wildman–Crippen LogP) is 2.91. The van der Waals surface area contributed by atoms with Crippen molar-refractivity contribution in [3.8, 4) is 5.88 Å². The van der Waals surface area contributed by atoms with Crippen LogP contribution in [0.3, 0.4) is 0 Å². The highest BCUT2D eigenvalue weighted by molar-refractivity contribution is 6.31. The van der Waals surface area contributed by atoms with Crippen molar-refractivity contribution >= 4 is 17.5 Å². The van der Waals surface area contributed by atoms with E-state index in [2.05, 4.69) is 10.3 Å². The normalized spacial score (nSPS) is 13.0. The van der Waals surface area contributed by atoms with Gasteiger partial charge in [0.25, 0.3) is 5.56 Å². The standard InChI is InChI=1S/C24H23ClF2N4O3/c1-28-10-21(32)30-7-6-16-8-15(2-3-17(16)12-30)11-31-14-29-23(22(25)24(31)33)34-13-18-4-5-19(26)9-20(18)27/h2-5,8-9,14,28H,6-7,10-13H2,1H3. The molecule has 4 rings (SSSR count). The zero-order valence-electron chi connectivity index (χ0n) is 18.5. The molecule has 3 aromatic rings. The van der Waals surface area contributed by atoms with Gasteiger partial charge in [-0.3, -0.25) is 14.2 Å². The lowest BCUT2D eigenvalue weighted by Crippen LogP contribution is -2.40. The summed E-state index contributed by atoms with van der Waals surface area (Å²) in [5.41, 5.74) is 2.74. The van der Waals surface area contributed by atoms with Crippen LogP contribution in [0.4, 0.5) is 8.78 Å². The molecule has 1 aliphatic rings. The largest absolute Gasteiger partial charge is 0.471 e. The summed E-state index contributed by atoms with van der Waals surface area (Å²) in [5, 5.41) is 2.66. The van der Waals surface area contributed by atoms with E-state index in [4.69, 9.17) is 16.3 Å². The van der Waals surface area contributed by atoms with Crippen molar-refractivity contribution in [3.63, 3.8) is 0 Å². The second-order valence-corrected chi connectivity index (χ2v) is 8.40. The van der Waals surface area contributed by atoms with E-state index in [1.165, 1.54) is 17.0 Å². The molecule has 34 heavy (non-hydrogen) atoms. The number of halogens is 3. The number of aromatic nitrogens is 2. The Morgan fingerprint density at radius 1 is 1.21 bits per heavy atom. The van der Waals surface area contributed by atoms with E-state index in [-0.39, 0.29) is 35.5 Å². The molecule has 10 heteroatoms. The molecule has 1 amide bonds. The summed E-state index contributed by atoms with van der Waals surface area (Å²) in [6, 6.07) is 9.03. The molecule has 2 aromatic carbocycles. The fourth-order valence-corrected chi connectivity index (χ4v) is 4.04. The average Bonchev–Trinajstić information content (AvgIpc) is 2.82. The van der Waals surface area contributed by atoms with Crippen LogP contribution in [0.15, 0.2) is 47.5 Å². The number of nitrogens with zero attached hydrogens (tertiary/aromatic N) is 3. The summed E-state index contributed by atoms with van der Waals surface area (Å²) in [4.78, 5) is 30.8. The van der Waals surface area contributed by atoms with Crippen LogP contribution in [-0.4, -0.2) is 40.5 Å². The topological polar surface area (TPSA) is 76.5 Å². The number of carbonyl (C=O) groups is 1. The van der Waals surface area contributed by atoms with Gasteiger partial charge in [0, 0.05) is 24.7 Å². The third-order valence-electron chi connectivity index (χ3n) is 5.65. The number of carbonyl (C=O) groups excluding carboxylic acids is 1. The molecule has 0 bridgehead atoms. The quantitative estimate of drug-likeness (QED) is 0.553. The van der Waals surface area contributed by atoms with E-state index in [0.717, 1.165) is 35.2 Å². The van der Waals surface area contributed by atoms with Gasteiger partial charge in [0.15, 0.2) is 5.02 Å². The van der Waals surface area contributed by atoms with Gasteiger partial charge in [0.05, 0.1) is 13.1 Å². The van der Waals surface area contributed by atoms with Crippen LogP contribution in [0.5, 0.6) is 5.88 Å². The maximum absolute atomic E-state index is 13.8. The van der Waals surface area contributed by atoms with Crippen molar-refractivity contribution in [2.75, 3.05) is 20.1 Å². The van der Waals surface area contributed by atoms with E-state index in [0.29, 0.717) is 19.6 Å². The number of likely N-dealkylation sites (N-methyl/N-ethyl adjacent to an activating group) is 1. The van der Waals surface area contributed by atoms with Crippen molar-refractivity contribution in [2.24, 2.45) is 0 Å². The van der Waals surface area contributed by atoms with Crippen LogP contribution in [-0.2, 0) is 30.9 Å². The van der Waals surface area contributed by atoms with Gasteiger partial charge in [-0.25, -0.2) is 13.8 Å². The Kier molecular flexibility index (Phi) is 7.23. The van der Waals surface area contributed by atoms with E-state index >= 15 is 0 Å². The first-order valence-electron chi connectivity index (χ1n) is 10.7. The lowest BCUT2D eigenvalue weighted by atomic mass is 9.97. The second kappa shape index (κ2) is 10.3. The molecule has 7 nitrogen and oxygen atoms in total. The van der Waals surface area contributed by atoms with Gasteiger partial charge in [0.2, 0.25) is 11.8 Å². The van der Waals surface area contributed by atoms with Gasteiger partial charge in [-0.05, 0) is 42.3 Å². The summed E-state index contributed by atoms with van der Waals surface area (Å²) in [5.74, 6) is -1.51. The second-order valence-electron chi connectivity index (χ2n) is 8.02. The van der Waals surface area contributed by atoms with E-state index < -0.39 is 17.2 Å². The number of amides is 1. The molecular weight excluding hydrogens is 466 g/mol. The molecule has 0 atom stereocenters. The van der Waals surface area contributed by atoms with Gasteiger partial charge in [-0.15, -0.1) is 0 Å². The molecule has 0 aliphatic carbocycles. The van der Waals surface area contributed by atoms with Gasteiger partial charge < -0.3 is 15.0 Å². The predicted molar refractivity (Wildman–Crippen MR) is 123 cm³/mol. The zero-order valence-corrected chi connectivity index (χ0v) is 19.2. The lowest BCUT2D eigenvalue weighted by Gasteiger charge is -2.29. The van der Waals surface area contributed by atoms with Crippen molar-refractivity contribution in [3.05, 3.63) is 92.0 Å². The van der Waals surface area contributed by atoms with Crippen LogP contribution >= 0.6 is 11.6 Å². The minimum atomic E-state index is -0.758. The van der Waals surface area contributed by atoms with Crippen molar-refractivity contribution in [1.29, 1.82) is 0 Å². The zero-order chi connectivity index (χ0) is 24.2. The molecule has 1 N–H and O–H groups in total. The Balaban J connectivity index is 1.45. The van der Waals surface area contributed by atoms with Crippen molar-refractivity contribution in [1.82, 2.24) is 19.8 Å². The monoisotopic (exact) mass is 488 g/mol. The van der Waals surface area contributed by atoms with Crippen LogP contribution in [0.25, 0.3) is 0 Å². The number of nitrogens with one attached hydrogen (secondary N) is 1. The fourth-order valence-electron chi connectivity index (χ4n) is 3.82. The highest BCUT2D eigenvalue weighted by Crippen LogP contribution is 2.22. The molecule has 0 saturated heterocycles. The Hall–Kier alpha value is -3.30. The van der Waals surface area contributed by atoms with Gasteiger partial charge in [-0.1, -0.05) is 29.8 Å². The molecule has 0 saturated carbocycles. The van der Waals surface area contributed by atoms with Crippen molar-refractivity contribution < 1.29 is 18.3 Å². The van der Waals surface area contributed by atoms with Gasteiger partial charge in [0.1, 0.15) is 24.6 Å². The summed E-state index contributed by atoms with van der Waals surface area (Å²) in [6.07, 6.45) is 2.06. The number of benzene rings is 2. The van der Waals surface area contributed by atoms with Crippen LogP contribution in [0.1, 0.15) is 22.3 Å². The SMILES string of the molecule is CNCC(=O)N1CCc2cc(Cn3cnc(OCc4ccc(F)cc4F)c(Cl)c3=O)ccc2C1. The van der Waals surface area contributed by atoms with Gasteiger partial charge >= 0.3 is 0 Å². The number of rotatable bonds is 7. The lowest BCUT2D eigenvalue weighted by molar-refractivity contribution is -0.131. The molecular formula is C24H23ClF2N4O3. The third kappa shape index (κ3) is 5.26. The van der Waals surface area contributed by atoms with Crippen molar-refractivity contribution in [2.45, 2.75) is 26.1 Å². The molecule has 2 heterocycles. The first kappa shape index (κ1) is 23.8. The van der Waals surface area contributed by atoms with Crippen LogP contribution < -0.4 is 15.6 Å². The number of hydrogen-bond donors (Lipinski definition) is 1. The van der Waals surface area contributed by atoms with E-state index in [1.54, 1.807) is 7.05 Å². The number of ether oxygens (including phenoxy) is 1. The van der Waals surface area contributed by atoms with Crippen LogP contribution in [0.2, 0.25) is 5.02 Å². The summed E-state index contributed by atoms with van der Waals surface area (Å²) in [7, 11) is 1.75. The average molecular weight is 489 g/mol. The summed E-state index contributed by atoms with van der Waals surface area (Å²) in [6.45, 7) is 1.52. The third-order valence-corrected chi connectivity index (χ3v) is 5.97. The smallest absolute Gasteiger partial charge is 0.276 e. The first-order valence-corrected chi connectivity index (χ1v) is 11.1. The highest BCUT2D eigenvalue weighted by atomic mass is 35.5. The summed E-state index contributed by atoms with van der Waals surface area (Å²) < 4.78 is 33.6. The van der Waals surface area contributed by atoms with E-state index in [1.807, 2.05) is 23.1 Å². The molecule has 0 unspecified atom stereocenters. The maximum atomic E-state index is 13.8. The van der Waals surface area contributed by atoms with E-state index in [9.17, 15) is 18.4 Å². The fraction of sp³-hybridized carbons (Fsp3) is 0.292. The molecule has 0 fully saturated rings. The molecule has 1 aromatic heterocycles. The highest BCUT2D eigenvalue weighted by Gasteiger charge is 2.20. The number of fused-ring (bicyclic) bond motifs is 1. The Labute approximate surface area is 199 Å². The molecule has 0 radical (unpaired) electrons. The van der Waals surface area contributed by atoms with Crippen LogP contribution in [0, 0.1) is 11.6 Å². The summed E-state index contributed by atoms with van der Waals surface area (Å²) >= 11 is 6.17. The Bertz CT molecular complexity index is 1280. The Morgan fingerprint density at radius 2 is 2.03 bits per heavy atom. The maximum Gasteiger partial charge on any atom is 0.276 e. The molecule has 178 valence electrons. The molecule has 0 spiro atoms. The number of hydrogen-bond acceptors (Lipinski definition) is 5.